The first-order chi connectivity index (χ1) is 8.51. The van der Waals surface area contributed by atoms with Gasteiger partial charge in [0.15, 0.2) is 11.1 Å². The van der Waals surface area contributed by atoms with Gasteiger partial charge in [-0.05, 0) is 26.2 Å². The Morgan fingerprint density at radius 3 is 2.00 bits per heavy atom. The molecule has 0 aromatic carbocycles. The summed E-state index contributed by atoms with van der Waals surface area (Å²) in [6.45, 7) is 7.82. The van der Waals surface area contributed by atoms with Crippen LogP contribution in [0.15, 0.2) is 10.2 Å². The predicted molar refractivity (Wildman–Crippen MR) is 71.9 cm³/mol. The first-order valence-electron chi connectivity index (χ1n) is 6.78. The van der Waals surface area contributed by atoms with Gasteiger partial charge in [0, 0.05) is 0 Å². The molecular weight excluding hydrogens is 224 g/mol. The van der Waals surface area contributed by atoms with Gasteiger partial charge in [0.25, 0.3) is 0 Å². The maximum atomic E-state index is 9.32. The Bertz CT molecular complexity index is 350. The number of rotatable bonds is 8. The normalized spacial score (nSPS) is 17.7. The molecule has 2 unspecified atom stereocenters. The molecule has 0 aliphatic heterocycles. The highest BCUT2D eigenvalue weighted by Crippen LogP contribution is 2.26. The molecule has 0 aliphatic carbocycles. The zero-order valence-corrected chi connectivity index (χ0v) is 12.0. The van der Waals surface area contributed by atoms with Crippen LogP contribution in [0.25, 0.3) is 0 Å². The third kappa shape index (κ3) is 4.84. The second-order valence-corrected chi connectivity index (χ2v) is 4.94. The van der Waals surface area contributed by atoms with E-state index < -0.39 is 11.1 Å². The Labute approximate surface area is 111 Å². The van der Waals surface area contributed by atoms with E-state index >= 15 is 0 Å². The number of nitriles is 2. The van der Waals surface area contributed by atoms with Gasteiger partial charge in [-0.15, -0.1) is 0 Å². The minimum atomic E-state index is -0.793. The molecule has 100 valence electrons. The number of azo groups is 1. The molecule has 4 heteroatoms. The molecule has 0 radical (unpaired) electrons. The summed E-state index contributed by atoms with van der Waals surface area (Å²) in [7, 11) is 0. The van der Waals surface area contributed by atoms with Crippen molar-refractivity contribution < 1.29 is 0 Å². The first-order valence-corrected chi connectivity index (χ1v) is 6.78. The van der Waals surface area contributed by atoms with Crippen molar-refractivity contribution in [2.75, 3.05) is 0 Å². The van der Waals surface area contributed by atoms with Crippen molar-refractivity contribution in [2.24, 2.45) is 10.2 Å². The molecule has 0 saturated heterocycles. The molecule has 4 nitrogen and oxygen atoms in total. The lowest BCUT2D eigenvalue weighted by molar-refractivity contribution is 0.408. The summed E-state index contributed by atoms with van der Waals surface area (Å²) in [6.07, 6.45) is 4.89. The lowest BCUT2D eigenvalue weighted by Gasteiger charge is -2.21. The molecule has 0 aromatic heterocycles. The quantitative estimate of drug-likeness (QED) is 0.598. The van der Waals surface area contributed by atoms with E-state index in [1.54, 1.807) is 6.92 Å². The van der Waals surface area contributed by atoms with Gasteiger partial charge < -0.3 is 0 Å². The highest BCUT2D eigenvalue weighted by Gasteiger charge is 2.30. The lowest BCUT2D eigenvalue weighted by atomic mass is 9.92. The van der Waals surface area contributed by atoms with Gasteiger partial charge >= 0.3 is 0 Å². The van der Waals surface area contributed by atoms with Gasteiger partial charge in [-0.1, -0.05) is 40.0 Å². The molecule has 18 heavy (non-hydrogen) atoms. The van der Waals surface area contributed by atoms with E-state index in [4.69, 9.17) is 5.26 Å². The number of unbranched alkanes of at least 4 members (excludes halogenated alkanes) is 1. The van der Waals surface area contributed by atoms with Gasteiger partial charge in [-0.2, -0.15) is 20.8 Å². The Morgan fingerprint density at radius 2 is 1.61 bits per heavy atom. The summed E-state index contributed by atoms with van der Waals surface area (Å²) in [6, 6.07) is 4.46. The lowest BCUT2D eigenvalue weighted by Crippen LogP contribution is -2.25. The van der Waals surface area contributed by atoms with E-state index in [1.165, 1.54) is 0 Å². The van der Waals surface area contributed by atoms with Crippen molar-refractivity contribution in [3.63, 3.8) is 0 Å². The summed E-state index contributed by atoms with van der Waals surface area (Å²) in [4.78, 5) is 0. The Balaban J connectivity index is 4.98. The molecule has 0 fully saturated rings. The van der Waals surface area contributed by atoms with E-state index in [-0.39, 0.29) is 0 Å². The first kappa shape index (κ1) is 16.6. The monoisotopic (exact) mass is 248 g/mol. The van der Waals surface area contributed by atoms with Crippen molar-refractivity contribution in [3.8, 4) is 12.1 Å². The number of hydrogen-bond acceptors (Lipinski definition) is 4. The van der Waals surface area contributed by atoms with Gasteiger partial charge in [-0.3, -0.25) is 0 Å². The van der Waals surface area contributed by atoms with Crippen molar-refractivity contribution in [1.82, 2.24) is 0 Å². The number of hydrogen-bond donors (Lipinski definition) is 0. The Morgan fingerprint density at radius 1 is 0.944 bits per heavy atom. The van der Waals surface area contributed by atoms with E-state index in [0.29, 0.717) is 19.3 Å². The molecule has 0 heterocycles. The van der Waals surface area contributed by atoms with Crippen LogP contribution in [-0.2, 0) is 0 Å². The highest BCUT2D eigenvalue weighted by molar-refractivity contribution is 5.08. The fourth-order valence-corrected chi connectivity index (χ4v) is 1.75. The second kappa shape index (κ2) is 7.82. The third-order valence-corrected chi connectivity index (χ3v) is 3.18. The van der Waals surface area contributed by atoms with Crippen molar-refractivity contribution in [3.05, 3.63) is 0 Å². The van der Waals surface area contributed by atoms with Crippen LogP contribution >= 0.6 is 0 Å². The smallest absolute Gasteiger partial charge is 0.167 e. The van der Waals surface area contributed by atoms with E-state index in [0.717, 1.165) is 19.3 Å². The van der Waals surface area contributed by atoms with Crippen LogP contribution in [0.5, 0.6) is 0 Å². The average Bonchev–Trinajstić information content (AvgIpc) is 2.40. The highest BCUT2D eigenvalue weighted by atomic mass is 15.2. The minimum Gasteiger partial charge on any atom is -0.196 e. The maximum Gasteiger partial charge on any atom is 0.167 e. The molecule has 0 saturated carbocycles. The van der Waals surface area contributed by atoms with Gasteiger partial charge in [0.1, 0.15) is 0 Å². The van der Waals surface area contributed by atoms with Crippen LogP contribution in [0.4, 0.5) is 0 Å². The van der Waals surface area contributed by atoms with Crippen molar-refractivity contribution in [1.29, 1.82) is 10.5 Å². The van der Waals surface area contributed by atoms with Crippen molar-refractivity contribution >= 4 is 0 Å². The molecule has 0 N–H and O–H groups in total. The summed E-state index contributed by atoms with van der Waals surface area (Å²) >= 11 is 0. The molecule has 0 spiro atoms. The summed E-state index contributed by atoms with van der Waals surface area (Å²) in [5.41, 5.74) is -1.54. The van der Waals surface area contributed by atoms with E-state index in [2.05, 4.69) is 29.3 Å². The summed E-state index contributed by atoms with van der Waals surface area (Å²) in [5, 5.41) is 26.9. The van der Waals surface area contributed by atoms with Crippen LogP contribution in [0.3, 0.4) is 0 Å². The molecule has 0 aromatic rings. The van der Waals surface area contributed by atoms with Crippen LogP contribution in [0.1, 0.15) is 66.2 Å². The fourth-order valence-electron chi connectivity index (χ4n) is 1.75. The fraction of sp³-hybridized carbons (Fsp3) is 0.857. The van der Waals surface area contributed by atoms with Gasteiger partial charge in [-0.25, -0.2) is 0 Å². The van der Waals surface area contributed by atoms with Gasteiger partial charge in [0.05, 0.1) is 12.1 Å². The molecule has 0 aliphatic rings. The average molecular weight is 248 g/mol. The second-order valence-electron chi connectivity index (χ2n) is 4.94. The van der Waals surface area contributed by atoms with Crippen molar-refractivity contribution in [2.45, 2.75) is 77.3 Å². The summed E-state index contributed by atoms with van der Waals surface area (Å²) < 4.78 is 0. The molecule has 0 amide bonds. The standard InChI is InChI=1S/C14H24N4/c1-5-8-10-14(7-3,12-16)18-17-13(4,11-15)9-6-2/h5-10H2,1-4H3. The zero-order chi connectivity index (χ0) is 14.1. The Kier molecular flexibility index (Phi) is 7.20. The SMILES string of the molecule is CCCCC(C#N)(CC)N=NC(C)(C#N)CCC. The van der Waals surface area contributed by atoms with Gasteiger partial charge in [0.2, 0.25) is 0 Å². The molecule has 2 atom stereocenters. The minimum absolute atomic E-state index is 0.640. The number of nitrogens with zero attached hydrogens (tertiary/aromatic N) is 4. The summed E-state index contributed by atoms with van der Waals surface area (Å²) in [5.74, 6) is 0. The molecule has 0 bridgehead atoms. The van der Waals surface area contributed by atoms with E-state index in [9.17, 15) is 5.26 Å². The van der Waals surface area contributed by atoms with Crippen LogP contribution < -0.4 is 0 Å². The topological polar surface area (TPSA) is 72.3 Å². The maximum absolute atomic E-state index is 9.32. The predicted octanol–water partition coefficient (Wildman–Crippen LogP) is 4.38. The molecule has 0 rings (SSSR count). The zero-order valence-electron chi connectivity index (χ0n) is 12.0. The Hall–Kier alpha value is -1.42. The largest absolute Gasteiger partial charge is 0.196 e. The third-order valence-electron chi connectivity index (χ3n) is 3.18. The van der Waals surface area contributed by atoms with Crippen LogP contribution in [0.2, 0.25) is 0 Å². The van der Waals surface area contributed by atoms with E-state index in [1.807, 2.05) is 13.8 Å². The van der Waals surface area contributed by atoms with Crippen LogP contribution in [0, 0.1) is 22.7 Å². The molecular formula is C14H24N4. The van der Waals surface area contributed by atoms with Crippen LogP contribution in [-0.4, -0.2) is 11.1 Å².